The minimum Gasteiger partial charge on any atom is -0.394 e. The number of rotatable bonds is 5. The fourth-order valence-corrected chi connectivity index (χ4v) is 0.701. The van der Waals surface area contributed by atoms with Gasteiger partial charge in [0.1, 0.15) is 0 Å². The quantitative estimate of drug-likeness (QED) is 0.594. The Morgan fingerprint density at radius 3 is 2.42 bits per heavy atom. The summed E-state index contributed by atoms with van der Waals surface area (Å²) in [5.41, 5.74) is 4.72. The molecule has 0 bridgehead atoms. The number of likely N-dealkylation sites (N-methyl/N-ethyl adjacent to an activating group) is 1. The molecule has 3 N–H and O–H groups in total. The summed E-state index contributed by atoms with van der Waals surface area (Å²) in [4.78, 5) is 12.4. The number of primary amides is 1. The second kappa shape index (κ2) is 4.42. The largest absolute Gasteiger partial charge is 0.394 e. The van der Waals surface area contributed by atoms with Crippen LogP contribution in [0.4, 0.5) is 0 Å². The van der Waals surface area contributed by atoms with Crippen LogP contribution in [0.15, 0.2) is 0 Å². The van der Waals surface area contributed by atoms with Crippen molar-refractivity contribution in [3.05, 3.63) is 0 Å². The second-order valence-corrected chi connectivity index (χ2v) is 3.61. The van der Waals surface area contributed by atoms with Crippen LogP contribution in [0.2, 0.25) is 0 Å². The standard InChI is InChI=1S/C8H18N2O2/c1-8(2,6-11)10(3)5-4-7(9)12/h11H,4-6H2,1-3H3,(H2,9,12). The van der Waals surface area contributed by atoms with E-state index in [2.05, 4.69) is 0 Å². The van der Waals surface area contributed by atoms with Crippen molar-refractivity contribution >= 4 is 5.91 Å². The molecule has 72 valence electrons. The van der Waals surface area contributed by atoms with Crippen LogP contribution in [0, 0.1) is 0 Å². The summed E-state index contributed by atoms with van der Waals surface area (Å²) in [7, 11) is 1.86. The first kappa shape index (κ1) is 11.4. The average molecular weight is 174 g/mol. The molecule has 0 heterocycles. The van der Waals surface area contributed by atoms with Crippen molar-refractivity contribution in [1.29, 1.82) is 0 Å². The summed E-state index contributed by atoms with van der Waals surface area (Å²) in [6, 6.07) is 0. The minimum absolute atomic E-state index is 0.0717. The van der Waals surface area contributed by atoms with E-state index in [0.29, 0.717) is 13.0 Å². The minimum atomic E-state index is -0.310. The number of hydrogen-bond donors (Lipinski definition) is 2. The van der Waals surface area contributed by atoms with E-state index in [4.69, 9.17) is 10.8 Å². The maximum absolute atomic E-state index is 10.5. The predicted octanol–water partition coefficient (Wildman–Crippen LogP) is -0.435. The first-order valence-electron chi connectivity index (χ1n) is 4.00. The number of carbonyl (C=O) groups is 1. The molecule has 1 amide bonds. The first-order valence-corrected chi connectivity index (χ1v) is 4.00. The van der Waals surface area contributed by atoms with E-state index in [9.17, 15) is 4.79 Å². The molecule has 0 fully saturated rings. The third kappa shape index (κ3) is 3.69. The van der Waals surface area contributed by atoms with Crippen molar-refractivity contribution < 1.29 is 9.90 Å². The average Bonchev–Trinajstić information content (AvgIpc) is 2.00. The molecule has 4 heteroatoms. The van der Waals surface area contributed by atoms with Gasteiger partial charge in [-0.25, -0.2) is 0 Å². The van der Waals surface area contributed by atoms with Crippen LogP contribution in [0.5, 0.6) is 0 Å². The number of nitrogens with zero attached hydrogens (tertiary/aromatic N) is 1. The summed E-state index contributed by atoms with van der Waals surface area (Å²) in [5.74, 6) is -0.310. The number of nitrogens with two attached hydrogens (primary N) is 1. The number of carbonyl (C=O) groups excluding carboxylic acids is 1. The van der Waals surface area contributed by atoms with Gasteiger partial charge in [-0.1, -0.05) is 0 Å². The van der Waals surface area contributed by atoms with Crippen molar-refractivity contribution in [2.75, 3.05) is 20.2 Å². The Morgan fingerprint density at radius 1 is 1.58 bits per heavy atom. The van der Waals surface area contributed by atoms with Crippen LogP contribution >= 0.6 is 0 Å². The number of aliphatic hydroxyl groups excluding tert-OH is 1. The van der Waals surface area contributed by atoms with E-state index in [1.165, 1.54) is 0 Å². The van der Waals surface area contributed by atoms with Crippen molar-refractivity contribution in [3.63, 3.8) is 0 Å². The highest BCUT2D eigenvalue weighted by Crippen LogP contribution is 2.10. The fraction of sp³-hybridized carbons (Fsp3) is 0.875. The molecular weight excluding hydrogens is 156 g/mol. The maximum Gasteiger partial charge on any atom is 0.218 e. The van der Waals surface area contributed by atoms with E-state index in [1.807, 2.05) is 25.8 Å². The maximum atomic E-state index is 10.5. The van der Waals surface area contributed by atoms with Crippen LogP contribution < -0.4 is 5.73 Å². The van der Waals surface area contributed by atoms with Gasteiger partial charge in [0.05, 0.1) is 6.61 Å². The molecule has 0 spiro atoms. The summed E-state index contributed by atoms with van der Waals surface area (Å²) >= 11 is 0. The van der Waals surface area contributed by atoms with E-state index in [-0.39, 0.29) is 18.1 Å². The van der Waals surface area contributed by atoms with Crippen LogP contribution in [-0.2, 0) is 4.79 Å². The topological polar surface area (TPSA) is 66.6 Å². The third-order valence-corrected chi connectivity index (χ3v) is 2.11. The van der Waals surface area contributed by atoms with Gasteiger partial charge in [0.25, 0.3) is 0 Å². The third-order valence-electron chi connectivity index (χ3n) is 2.11. The SMILES string of the molecule is CN(CCC(N)=O)C(C)(C)CO. The van der Waals surface area contributed by atoms with E-state index in [1.54, 1.807) is 0 Å². The van der Waals surface area contributed by atoms with Gasteiger partial charge < -0.3 is 10.8 Å². The first-order chi connectivity index (χ1) is 5.40. The van der Waals surface area contributed by atoms with Crippen molar-refractivity contribution in [1.82, 2.24) is 4.90 Å². The van der Waals surface area contributed by atoms with Gasteiger partial charge in [-0.3, -0.25) is 9.69 Å². The molecule has 0 atom stereocenters. The molecule has 0 aromatic carbocycles. The lowest BCUT2D eigenvalue weighted by molar-refractivity contribution is -0.118. The van der Waals surface area contributed by atoms with Crippen molar-refractivity contribution in [2.24, 2.45) is 5.73 Å². The Bertz CT molecular complexity index is 157. The van der Waals surface area contributed by atoms with Gasteiger partial charge in [0.2, 0.25) is 5.91 Å². The van der Waals surface area contributed by atoms with Crippen LogP contribution in [-0.4, -0.2) is 41.7 Å². The van der Waals surface area contributed by atoms with Gasteiger partial charge in [-0.15, -0.1) is 0 Å². The summed E-state index contributed by atoms with van der Waals surface area (Å²) in [6.07, 6.45) is 0.333. The summed E-state index contributed by atoms with van der Waals surface area (Å²) < 4.78 is 0. The van der Waals surface area contributed by atoms with Crippen molar-refractivity contribution in [3.8, 4) is 0 Å². The Kier molecular flexibility index (Phi) is 4.20. The molecule has 0 aliphatic rings. The molecule has 0 aliphatic heterocycles. The smallest absolute Gasteiger partial charge is 0.218 e. The van der Waals surface area contributed by atoms with E-state index in [0.717, 1.165) is 0 Å². The zero-order valence-electron chi connectivity index (χ0n) is 8.00. The molecule has 0 aromatic heterocycles. The van der Waals surface area contributed by atoms with Crippen LogP contribution in [0.1, 0.15) is 20.3 Å². The van der Waals surface area contributed by atoms with Crippen LogP contribution in [0.25, 0.3) is 0 Å². The lowest BCUT2D eigenvalue weighted by atomic mass is 10.1. The molecule has 0 rings (SSSR count). The monoisotopic (exact) mass is 174 g/mol. The molecular formula is C8H18N2O2. The zero-order chi connectivity index (χ0) is 9.78. The Morgan fingerprint density at radius 2 is 2.08 bits per heavy atom. The molecule has 0 saturated carbocycles. The van der Waals surface area contributed by atoms with Gasteiger partial charge in [0.15, 0.2) is 0 Å². The highest BCUT2D eigenvalue weighted by atomic mass is 16.3. The summed E-state index contributed by atoms with van der Waals surface area (Å²) in [6.45, 7) is 4.48. The van der Waals surface area contributed by atoms with Crippen molar-refractivity contribution in [2.45, 2.75) is 25.8 Å². The van der Waals surface area contributed by atoms with E-state index >= 15 is 0 Å². The fourth-order valence-electron chi connectivity index (χ4n) is 0.701. The molecule has 0 radical (unpaired) electrons. The second-order valence-electron chi connectivity index (χ2n) is 3.61. The van der Waals surface area contributed by atoms with Gasteiger partial charge >= 0.3 is 0 Å². The molecule has 0 saturated heterocycles. The molecule has 0 aromatic rings. The van der Waals surface area contributed by atoms with Gasteiger partial charge in [-0.05, 0) is 20.9 Å². The highest BCUT2D eigenvalue weighted by Gasteiger charge is 2.21. The van der Waals surface area contributed by atoms with Crippen LogP contribution in [0.3, 0.4) is 0 Å². The lowest BCUT2D eigenvalue weighted by Gasteiger charge is -2.33. The number of hydrogen-bond acceptors (Lipinski definition) is 3. The Labute approximate surface area is 73.3 Å². The molecule has 0 aliphatic carbocycles. The van der Waals surface area contributed by atoms with Gasteiger partial charge in [0, 0.05) is 18.5 Å². The number of aliphatic hydroxyl groups is 1. The predicted molar refractivity (Wildman–Crippen MR) is 47.6 cm³/mol. The molecule has 0 unspecified atom stereocenters. The normalized spacial score (nSPS) is 12.1. The number of amides is 1. The zero-order valence-corrected chi connectivity index (χ0v) is 8.00. The lowest BCUT2D eigenvalue weighted by Crippen LogP contribution is -2.45. The van der Waals surface area contributed by atoms with E-state index < -0.39 is 0 Å². The molecule has 4 nitrogen and oxygen atoms in total. The summed E-state index contributed by atoms with van der Waals surface area (Å²) in [5, 5.41) is 8.97. The van der Waals surface area contributed by atoms with Gasteiger partial charge in [-0.2, -0.15) is 0 Å². The molecule has 12 heavy (non-hydrogen) atoms. The Balaban J connectivity index is 3.86. The highest BCUT2D eigenvalue weighted by molar-refractivity contribution is 5.73. The Hall–Kier alpha value is -0.610.